The van der Waals surface area contributed by atoms with E-state index in [-0.39, 0.29) is 12.3 Å². The molecule has 0 unspecified atom stereocenters. The molecule has 0 radical (unpaired) electrons. The average Bonchev–Trinajstić information content (AvgIpc) is 3.01. The molecule has 0 saturated heterocycles. The number of benzene rings is 1. The van der Waals surface area contributed by atoms with Crippen LogP contribution in [0.3, 0.4) is 0 Å². The van der Waals surface area contributed by atoms with Crippen molar-refractivity contribution in [1.82, 2.24) is 14.7 Å². The van der Waals surface area contributed by atoms with Crippen molar-refractivity contribution in [3.63, 3.8) is 0 Å². The summed E-state index contributed by atoms with van der Waals surface area (Å²) in [6.07, 6.45) is 5.59. The van der Waals surface area contributed by atoms with Gasteiger partial charge in [0.15, 0.2) is 0 Å². The summed E-state index contributed by atoms with van der Waals surface area (Å²) in [7, 11) is 0. The Kier molecular flexibility index (Phi) is 5.89. The van der Waals surface area contributed by atoms with Crippen LogP contribution in [0, 0.1) is 13.8 Å². The third-order valence-electron chi connectivity index (χ3n) is 4.40. The van der Waals surface area contributed by atoms with Gasteiger partial charge in [0, 0.05) is 30.8 Å². The SMILES string of the molecule is Cc1ccc(-c2nc3cc(C)ccn3c2/C=C/C(=O)NCCCC(=O)O)cc1. The summed E-state index contributed by atoms with van der Waals surface area (Å²) in [5.41, 5.74) is 5.70. The molecule has 0 saturated carbocycles. The van der Waals surface area contributed by atoms with Crippen molar-refractivity contribution in [3.05, 3.63) is 65.5 Å². The number of aliphatic carboxylic acids is 1. The topological polar surface area (TPSA) is 83.7 Å². The molecule has 3 rings (SSSR count). The largest absolute Gasteiger partial charge is 0.481 e. The normalized spacial score (nSPS) is 11.2. The Bertz CT molecular complexity index is 1030. The summed E-state index contributed by atoms with van der Waals surface area (Å²) < 4.78 is 1.95. The van der Waals surface area contributed by atoms with Crippen LogP contribution in [-0.4, -0.2) is 32.9 Å². The standard InChI is InChI=1S/C22H23N3O3/c1-15-5-7-17(8-6-15)22-18(25-13-11-16(2)14-19(25)24-22)9-10-20(26)23-12-3-4-21(27)28/h5-11,13-14H,3-4,12H2,1-2H3,(H,23,26)(H,27,28)/b10-9+. The number of hydrogen-bond donors (Lipinski definition) is 2. The first kappa shape index (κ1) is 19.4. The molecule has 6 nitrogen and oxygen atoms in total. The zero-order valence-electron chi connectivity index (χ0n) is 16.0. The lowest BCUT2D eigenvalue weighted by Crippen LogP contribution is -2.22. The van der Waals surface area contributed by atoms with Crippen LogP contribution < -0.4 is 5.32 Å². The number of fused-ring (bicyclic) bond motifs is 1. The van der Waals surface area contributed by atoms with E-state index in [2.05, 4.69) is 5.32 Å². The van der Waals surface area contributed by atoms with Gasteiger partial charge in [0.25, 0.3) is 0 Å². The summed E-state index contributed by atoms with van der Waals surface area (Å²) in [6, 6.07) is 12.1. The van der Waals surface area contributed by atoms with Gasteiger partial charge in [-0.3, -0.25) is 14.0 Å². The minimum atomic E-state index is -0.867. The fraction of sp³-hybridized carbons (Fsp3) is 0.227. The third-order valence-corrected chi connectivity index (χ3v) is 4.40. The van der Waals surface area contributed by atoms with Crippen LogP contribution in [0.2, 0.25) is 0 Å². The van der Waals surface area contributed by atoms with Crippen molar-refractivity contribution in [2.45, 2.75) is 26.7 Å². The number of nitrogens with zero attached hydrogens (tertiary/aromatic N) is 2. The second kappa shape index (κ2) is 8.52. The molecule has 1 aromatic carbocycles. The maximum absolute atomic E-state index is 12.1. The molecule has 0 aliphatic heterocycles. The monoisotopic (exact) mass is 377 g/mol. The van der Waals surface area contributed by atoms with Crippen LogP contribution >= 0.6 is 0 Å². The lowest BCUT2D eigenvalue weighted by molar-refractivity contribution is -0.137. The number of carboxylic acids is 1. The van der Waals surface area contributed by atoms with Gasteiger partial charge in [0.05, 0.1) is 11.4 Å². The highest BCUT2D eigenvalue weighted by Crippen LogP contribution is 2.26. The number of carboxylic acid groups (broad SMARTS) is 1. The number of aryl methyl sites for hydroxylation is 2. The van der Waals surface area contributed by atoms with Crippen molar-refractivity contribution >= 4 is 23.6 Å². The summed E-state index contributed by atoms with van der Waals surface area (Å²) in [6.45, 7) is 4.37. The number of carbonyl (C=O) groups excluding carboxylic acids is 1. The smallest absolute Gasteiger partial charge is 0.303 e. The predicted octanol–water partition coefficient (Wildman–Crippen LogP) is 3.61. The van der Waals surface area contributed by atoms with E-state index in [1.807, 2.05) is 60.8 Å². The molecule has 0 aliphatic carbocycles. The van der Waals surface area contributed by atoms with Crippen molar-refractivity contribution in [3.8, 4) is 11.3 Å². The second-order valence-electron chi connectivity index (χ2n) is 6.77. The summed E-state index contributed by atoms with van der Waals surface area (Å²) in [5, 5.41) is 11.4. The first-order valence-electron chi connectivity index (χ1n) is 9.17. The molecule has 0 bridgehead atoms. The maximum Gasteiger partial charge on any atom is 0.303 e. The minimum absolute atomic E-state index is 0.0359. The first-order valence-corrected chi connectivity index (χ1v) is 9.17. The van der Waals surface area contributed by atoms with Crippen LogP contribution in [0.5, 0.6) is 0 Å². The van der Waals surface area contributed by atoms with Gasteiger partial charge in [-0.1, -0.05) is 29.8 Å². The van der Waals surface area contributed by atoms with Crippen LogP contribution in [-0.2, 0) is 9.59 Å². The van der Waals surface area contributed by atoms with E-state index in [1.165, 1.54) is 11.6 Å². The summed E-state index contributed by atoms with van der Waals surface area (Å²) in [4.78, 5) is 27.4. The molecule has 144 valence electrons. The average molecular weight is 377 g/mol. The molecular formula is C22H23N3O3. The minimum Gasteiger partial charge on any atom is -0.481 e. The zero-order chi connectivity index (χ0) is 20.1. The highest BCUT2D eigenvalue weighted by Gasteiger charge is 2.12. The van der Waals surface area contributed by atoms with Crippen molar-refractivity contribution in [2.24, 2.45) is 0 Å². The van der Waals surface area contributed by atoms with E-state index in [0.717, 1.165) is 28.2 Å². The number of nitrogens with one attached hydrogen (secondary N) is 1. The molecule has 3 aromatic rings. The van der Waals surface area contributed by atoms with Crippen LogP contribution in [0.25, 0.3) is 23.0 Å². The van der Waals surface area contributed by atoms with Gasteiger partial charge in [-0.15, -0.1) is 0 Å². The van der Waals surface area contributed by atoms with E-state index in [0.29, 0.717) is 13.0 Å². The molecule has 28 heavy (non-hydrogen) atoms. The van der Waals surface area contributed by atoms with E-state index < -0.39 is 5.97 Å². The van der Waals surface area contributed by atoms with E-state index in [4.69, 9.17) is 10.1 Å². The van der Waals surface area contributed by atoms with Gasteiger partial charge in [0.2, 0.25) is 5.91 Å². The number of carbonyl (C=O) groups is 2. The molecule has 2 N–H and O–H groups in total. The van der Waals surface area contributed by atoms with Crippen LogP contribution in [0.1, 0.15) is 29.7 Å². The number of aromatic nitrogens is 2. The Morgan fingerprint density at radius 2 is 1.89 bits per heavy atom. The highest BCUT2D eigenvalue weighted by molar-refractivity contribution is 5.92. The van der Waals surface area contributed by atoms with Gasteiger partial charge in [-0.2, -0.15) is 0 Å². The lowest BCUT2D eigenvalue weighted by Gasteiger charge is -2.03. The number of rotatable bonds is 7. The Labute approximate surface area is 163 Å². The molecule has 0 fully saturated rings. The van der Waals surface area contributed by atoms with Crippen molar-refractivity contribution < 1.29 is 14.7 Å². The van der Waals surface area contributed by atoms with Crippen molar-refractivity contribution in [1.29, 1.82) is 0 Å². The second-order valence-corrected chi connectivity index (χ2v) is 6.77. The quantitative estimate of drug-likeness (QED) is 0.487. The number of pyridine rings is 1. The molecule has 1 amide bonds. The van der Waals surface area contributed by atoms with Gasteiger partial charge in [-0.05, 0) is 44.0 Å². The zero-order valence-corrected chi connectivity index (χ0v) is 16.0. The summed E-state index contributed by atoms with van der Waals surface area (Å²) in [5.74, 6) is -1.13. The fourth-order valence-electron chi connectivity index (χ4n) is 2.91. The number of imidazole rings is 1. The van der Waals surface area contributed by atoms with Gasteiger partial charge >= 0.3 is 5.97 Å². The first-order chi connectivity index (χ1) is 13.4. The fourth-order valence-corrected chi connectivity index (χ4v) is 2.91. The Hall–Kier alpha value is -3.41. The molecule has 0 aliphatic rings. The molecular weight excluding hydrogens is 354 g/mol. The van der Waals surface area contributed by atoms with Crippen LogP contribution in [0.4, 0.5) is 0 Å². The van der Waals surface area contributed by atoms with E-state index in [1.54, 1.807) is 6.08 Å². The predicted molar refractivity (Wildman–Crippen MR) is 109 cm³/mol. The van der Waals surface area contributed by atoms with E-state index in [9.17, 15) is 9.59 Å². The van der Waals surface area contributed by atoms with E-state index >= 15 is 0 Å². The lowest BCUT2D eigenvalue weighted by atomic mass is 10.1. The number of hydrogen-bond acceptors (Lipinski definition) is 3. The Morgan fingerprint density at radius 3 is 2.61 bits per heavy atom. The molecule has 2 aromatic heterocycles. The Morgan fingerprint density at radius 1 is 1.14 bits per heavy atom. The third kappa shape index (κ3) is 4.65. The molecule has 2 heterocycles. The van der Waals surface area contributed by atoms with Gasteiger partial charge < -0.3 is 10.4 Å². The molecule has 0 spiro atoms. The molecule has 6 heteroatoms. The van der Waals surface area contributed by atoms with Gasteiger partial charge in [-0.25, -0.2) is 4.98 Å². The Balaban J connectivity index is 1.88. The maximum atomic E-state index is 12.1. The van der Waals surface area contributed by atoms with Gasteiger partial charge in [0.1, 0.15) is 5.65 Å². The number of amides is 1. The molecule has 0 atom stereocenters. The highest BCUT2D eigenvalue weighted by atomic mass is 16.4. The summed E-state index contributed by atoms with van der Waals surface area (Å²) >= 11 is 0. The van der Waals surface area contributed by atoms with Crippen LogP contribution in [0.15, 0.2) is 48.7 Å². The van der Waals surface area contributed by atoms with Crippen molar-refractivity contribution in [2.75, 3.05) is 6.54 Å².